The van der Waals surface area contributed by atoms with E-state index >= 15 is 0 Å². The molecular formula is C27H41NOS. The first kappa shape index (κ1) is 24.7. The number of hydrogen-bond acceptors (Lipinski definition) is 2. The zero-order valence-electron chi connectivity index (χ0n) is 19.8. The SMILES string of the molecule is CCCCCCCCNC(=O)c1ccc(/C=C(C)/C=C/C2=C(C)CCCC2(C)C)s1. The molecular weight excluding hydrogens is 386 g/mol. The van der Waals surface area contributed by atoms with Gasteiger partial charge in [-0.1, -0.05) is 70.6 Å². The van der Waals surface area contributed by atoms with Gasteiger partial charge in [-0.2, -0.15) is 0 Å². The van der Waals surface area contributed by atoms with Crippen molar-refractivity contribution >= 4 is 23.3 Å². The number of carbonyl (C=O) groups is 1. The van der Waals surface area contributed by atoms with Crippen LogP contribution >= 0.6 is 11.3 Å². The van der Waals surface area contributed by atoms with E-state index in [-0.39, 0.29) is 11.3 Å². The van der Waals surface area contributed by atoms with Crippen LogP contribution in [-0.4, -0.2) is 12.5 Å². The molecule has 166 valence electrons. The summed E-state index contributed by atoms with van der Waals surface area (Å²) in [6.45, 7) is 12.1. The first-order chi connectivity index (χ1) is 14.3. The molecule has 0 unspecified atom stereocenters. The normalized spacial score (nSPS) is 17.0. The van der Waals surface area contributed by atoms with E-state index in [2.05, 4.69) is 64.2 Å². The van der Waals surface area contributed by atoms with Gasteiger partial charge in [0.25, 0.3) is 5.91 Å². The zero-order chi connectivity index (χ0) is 22.0. The topological polar surface area (TPSA) is 29.1 Å². The Morgan fingerprint density at radius 3 is 2.63 bits per heavy atom. The number of amides is 1. The van der Waals surface area contributed by atoms with Crippen LogP contribution in [0.5, 0.6) is 0 Å². The summed E-state index contributed by atoms with van der Waals surface area (Å²) in [6, 6.07) is 4.00. The molecule has 1 aliphatic rings. The minimum Gasteiger partial charge on any atom is -0.351 e. The maximum Gasteiger partial charge on any atom is 0.261 e. The second-order valence-electron chi connectivity index (χ2n) is 9.38. The largest absolute Gasteiger partial charge is 0.351 e. The molecule has 1 N–H and O–H groups in total. The smallest absolute Gasteiger partial charge is 0.261 e. The number of hydrogen-bond donors (Lipinski definition) is 1. The lowest BCUT2D eigenvalue weighted by molar-refractivity contribution is 0.0957. The molecule has 0 saturated heterocycles. The summed E-state index contributed by atoms with van der Waals surface area (Å²) in [5.74, 6) is 0.0612. The van der Waals surface area contributed by atoms with E-state index in [4.69, 9.17) is 0 Å². The molecule has 1 amide bonds. The molecule has 0 bridgehead atoms. The van der Waals surface area contributed by atoms with Crippen LogP contribution < -0.4 is 5.32 Å². The summed E-state index contributed by atoms with van der Waals surface area (Å²) in [4.78, 5) is 14.3. The highest BCUT2D eigenvalue weighted by Crippen LogP contribution is 2.40. The lowest BCUT2D eigenvalue weighted by Crippen LogP contribution is -2.23. The average molecular weight is 428 g/mol. The van der Waals surface area contributed by atoms with Crippen molar-refractivity contribution in [3.63, 3.8) is 0 Å². The number of rotatable bonds is 11. The second kappa shape index (κ2) is 12.3. The standard InChI is InChI=1S/C27H41NOS/c1-6-7-8-9-10-11-19-28-26(29)25-17-15-23(30-25)20-21(2)14-16-24-22(3)13-12-18-27(24,4)5/h14-17,20H,6-13,18-19H2,1-5H3,(H,28,29)/b16-14+,21-20+. The highest BCUT2D eigenvalue weighted by atomic mass is 32.1. The van der Waals surface area contributed by atoms with Crippen molar-refractivity contribution in [2.75, 3.05) is 6.54 Å². The van der Waals surface area contributed by atoms with Crippen LogP contribution in [-0.2, 0) is 0 Å². The van der Waals surface area contributed by atoms with Gasteiger partial charge in [0.15, 0.2) is 0 Å². The Morgan fingerprint density at radius 1 is 1.17 bits per heavy atom. The maximum atomic E-state index is 12.4. The average Bonchev–Trinajstić information content (AvgIpc) is 3.14. The highest BCUT2D eigenvalue weighted by molar-refractivity contribution is 7.14. The van der Waals surface area contributed by atoms with Gasteiger partial charge in [-0.15, -0.1) is 11.3 Å². The molecule has 1 heterocycles. The molecule has 1 aromatic rings. The van der Waals surface area contributed by atoms with E-state index in [1.54, 1.807) is 11.3 Å². The third-order valence-corrected chi connectivity index (χ3v) is 7.12. The molecule has 1 aliphatic carbocycles. The Morgan fingerprint density at radius 2 is 1.90 bits per heavy atom. The molecule has 2 nitrogen and oxygen atoms in total. The van der Waals surface area contributed by atoms with Crippen molar-refractivity contribution in [2.24, 2.45) is 5.41 Å². The van der Waals surface area contributed by atoms with Gasteiger partial charge in [0, 0.05) is 11.4 Å². The first-order valence-electron chi connectivity index (χ1n) is 11.8. The molecule has 30 heavy (non-hydrogen) atoms. The maximum absolute atomic E-state index is 12.4. The van der Waals surface area contributed by atoms with Crippen molar-refractivity contribution in [1.82, 2.24) is 5.32 Å². The number of unbranched alkanes of at least 4 members (excludes halogenated alkanes) is 5. The third kappa shape index (κ3) is 7.91. The van der Waals surface area contributed by atoms with Gasteiger partial charge in [0.1, 0.15) is 0 Å². The Balaban J connectivity index is 1.86. The Hall–Kier alpha value is -1.61. The minimum atomic E-state index is 0.0612. The van der Waals surface area contributed by atoms with E-state index < -0.39 is 0 Å². The predicted octanol–water partition coefficient (Wildman–Crippen LogP) is 8.32. The quantitative estimate of drug-likeness (QED) is 0.279. The van der Waals surface area contributed by atoms with Crippen LogP contribution in [0.15, 0.2) is 41.0 Å². The summed E-state index contributed by atoms with van der Waals surface area (Å²) < 4.78 is 0. The van der Waals surface area contributed by atoms with Gasteiger partial charge in [-0.05, 0) is 74.3 Å². The van der Waals surface area contributed by atoms with Crippen molar-refractivity contribution in [3.05, 3.63) is 50.8 Å². The molecule has 0 radical (unpaired) electrons. The Bertz CT molecular complexity index is 779. The summed E-state index contributed by atoms with van der Waals surface area (Å²) in [5, 5.41) is 3.07. The molecule has 0 saturated carbocycles. The van der Waals surface area contributed by atoms with Crippen LogP contribution in [0.1, 0.15) is 107 Å². The fraction of sp³-hybridized carbons (Fsp3) is 0.593. The minimum absolute atomic E-state index is 0.0612. The molecule has 0 aliphatic heterocycles. The Labute approximate surface area is 188 Å². The fourth-order valence-electron chi connectivity index (χ4n) is 4.24. The van der Waals surface area contributed by atoms with E-state index in [1.807, 2.05) is 6.07 Å². The first-order valence-corrected chi connectivity index (χ1v) is 12.6. The van der Waals surface area contributed by atoms with Gasteiger partial charge >= 0.3 is 0 Å². The number of thiophene rings is 1. The van der Waals surface area contributed by atoms with Gasteiger partial charge in [0.05, 0.1) is 4.88 Å². The summed E-state index contributed by atoms with van der Waals surface area (Å²) in [7, 11) is 0. The molecule has 0 fully saturated rings. The van der Waals surface area contributed by atoms with Crippen LogP contribution in [0.4, 0.5) is 0 Å². The van der Waals surface area contributed by atoms with Crippen LogP contribution in [0.2, 0.25) is 0 Å². The molecule has 3 heteroatoms. The lowest BCUT2D eigenvalue weighted by Gasteiger charge is -2.32. The molecule has 0 spiro atoms. The van der Waals surface area contributed by atoms with E-state index in [0.717, 1.165) is 22.7 Å². The fourth-order valence-corrected chi connectivity index (χ4v) is 5.18. The van der Waals surface area contributed by atoms with Crippen LogP contribution in [0.25, 0.3) is 6.08 Å². The van der Waals surface area contributed by atoms with E-state index in [9.17, 15) is 4.79 Å². The summed E-state index contributed by atoms with van der Waals surface area (Å²) in [6.07, 6.45) is 17.9. The van der Waals surface area contributed by atoms with Crippen molar-refractivity contribution < 1.29 is 4.79 Å². The zero-order valence-corrected chi connectivity index (χ0v) is 20.6. The summed E-state index contributed by atoms with van der Waals surface area (Å²) >= 11 is 1.57. The van der Waals surface area contributed by atoms with Crippen LogP contribution in [0, 0.1) is 5.41 Å². The second-order valence-corrected chi connectivity index (χ2v) is 10.5. The van der Waals surface area contributed by atoms with Crippen molar-refractivity contribution in [1.29, 1.82) is 0 Å². The van der Waals surface area contributed by atoms with Gasteiger partial charge in [-0.25, -0.2) is 0 Å². The van der Waals surface area contributed by atoms with Gasteiger partial charge in [0.2, 0.25) is 0 Å². The molecule has 0 aromatic carbocycles. The van der Waals surface area contributed by atoms with E-state index in [0.29, 0.717) is 0 Å². The van der Waals surface area contributed by atoms with E-state index in [1.165, 1.54) is 68.1 Å². The molecule has 2 rings (SSSR count). The van der Waals surface area contributed by atoms with Gasteiger partial charge in [-0.3, -0.25) is 4.79 Å². The summed E-state index contributed by atoms with van der Waals surface area (Å²) in [5.41, 5.74) is 4.50. The predicted molar refractivity (Wildman–Crippen MR) is 133 cm³/mol. The highest BCUT2D eigenvalue weighted by Gasteiger charge is 2.26. The number of allylic oxidation sites excluding steroid dienone is 5. The monoisotopic (exact) mass is 427 g/mol. The lowest BCUT2D eigenvalue weighted by atomic mass is 9.72. The Kier molecular flexibility index (Phi) is 10.1. The van der Waals surface area contributed by atoms with Crippen LogP contribution in [0.3, 0.4) is 0 Å². The third-order valence-electron chi connectivity index (χ3n) is 6.09. The number of carbonyl (C=O) groups excluding carboxylic acids is 1. The van der Waals surface area contributed by atoms with Crippen molar-refractivity contribution in [2.45, 2.75) is 92.4 Å². The molecule has 0 atom stereocenters. The number of nitrogens with one attached hydrogen (secondary N) is 1. The molecule has 1 aromatic heterocycles. The van der Waals surface area contributed by atoms with Gasteiger partial charge < -0.3 is 5.32 Å². The van der Waals surface area contributed by atoms with Crippen molar-refractivity contribution in [3.8, 4) is 0 Å².